The van der Waals surface area contributed by atoms with Gasteiger partial charge in [0.15, 0.2) is 16.6 Å². The van der Waals surface area contributed by atoms with E-state index in [1.165, 1.54) is 20.9 Å². The molecule has 0 aliphatic carbocycles. The number of hydrogen-bond acceptors (Lipinski definition) is 5. The van der Waals surface area contributed by atoms with Gasteiger partial charge in [-0.2, -0.15) is 0 Å². The Bertz CT molecular complexity index is 1180. The minimum atomic E-state index is -1.92. The summed E-state index contributed by atoms with van der Waals surface area (Å²) >= 11 is 1.80. The summed E-state index contributed by atoms with van der Waals surface area (Å²) in [6.07, 6.45) is 6.60. The second-order valence-corrected chi connectivity index (χ2v) is 25.9. The molecule has 244 valence electrons. The van der Waals surface area contributed by atoms with E-state index >= 15 is 0 Å². The monoisotopic (exact) mass is 646 g/mol. The predicted molar refractivity (Wildman–Crippen MR) is 192 cm³/mol. The SMILES string of the molecule is CCC(=CCCC(O)(CC)CC)c1ccc(COc2ccc(CO[Si](C)(C)C(C)(C)C)c(CO[Si](C)(C)C(C)(C)C)c2)s1. The van der Waals surface area contributed by atoms with Crippen LogP contribution in [0, 0.1) is 0 Å². The van der Waals surface area contributed by atoms with E-state index in [2.05, 4.69) is 125 Å². The second kappa shape index (κ2) is 15.4. The highest BCUT2D eigenvalue weighted by Gasteiger charge is 2.38. The van der Waals surface area contributed by atoms with Crippen LogP contribution in [0.25, 0.3) is 5.57 Å². The summed E-state index contributed by atoms with van der Waals surface area (Å²) in [6.45, 7) is 31.0. The highest BCUT2D eigenvalue weighted by molar-refractivity contribution is 7.13. The fraction of sp³-hybridized carbons (Fsp3) is 0.667. The summed E-state index contributed by atoms with van der Waals surface area (Å²) in [5.74, 6) is 0.865. The average Bonchev–Trinajstić information content (AvgIpc) is 3.40. The number of benzene rings is 1. The summed E-state index contributed by atoms with van der Waals surface area (Å²) < 4.78 is 19.6. The zero-order valence-electron chi connectivity index (χ0n) is 29.7. The summed E-state index contributed by atoms with van der Waals surface area (Å²) in [4.78, 5) is 2.50. The third kappa shape index (κ3) is 11.0. The Hall–Kier alpha value is -1.23. The van der Waals surface area contributed by atoms with Crippen molar-refractivity contribution in [3.05, 3.63) is 57.3 Å². The maximum atomic E-state index is 10.7. The number of rotatable bonds is 16. The fourth-order valence-corrected chi connectivity index (χ4v) is 7.17. The predicted octanol–water partition coefficient (Wildman–Crippen LogP) is 11.5. The minimum Gasteiger partial charge on any atom is -0.488 e. The Balaban J connectivity index is 2.19. The van der Waals surface area contributed by atoms with Crippen molar-refractivity contribution in [3.63, 3.8) is 0 Å². The van der Waals surface area contributed by atoms with E-state index in [0.29, 0.717) is 19.8 Å². The molecular formula is C36H62O4SSi2. The Morgan fingerprint density at radius 3 is 1.86 bits per heavy atom. The van der Waals surface area contributed by atoms with E-state index < -0.39 is 22.2 Å². The van der Waals surface area contributed by atoms with Gasteiger partial charge in [-0.3, -0.25) is 0 Å². The summed E-state index contributed by atoms with van der Waals surface area (Å²) in [7, 11) is -3.80. The first-order valence-corrected chi connectivity index (χ1v) is 22.9. The first-order chi connectivity index (χ1) is 19.8. The molecule has 0 spiro atoms. The van der Waals surface area contributed by atoms with E-state index in [1.54, 1.807) is 11.3 Å². The molecule has 0 saturated heterocycles. The lowest BCUT2D eigenvalue weighted by Gasteiger charge is -2.37. The summed E-state index contributed by atoms with van der Waals surface area (Å²) in [5, 5.41) is 11.0. The normalized spacial score (nSPS) is 14.0. The number of hydrogen-bond donors (Lipinski definition) is 1. The molecule has 2 aromatic rings. The van der Waals surface area contributed by atoms with Crippen LogP contribution in [-0.2, 0) is 28.7 Å². The molecule has 0 amide bonds. The largest absolute Gasteiger partial charge is 0.488 e. The van der Waals surface area contributed by atoms with Crippen molar-refractivity contribution in [3.8, 4) is 5.75 Å². The van der Waals surface area contributed by atoms with Crippen molar-refractivity contribution in [1.82, 2.24) is 0 Å². The Kier molecular flexibility index (Phi) is 13.6. The lowest BCUT2D eigenvalue weighted by molar-refractivity contribution is 0.0246. The molecule has 0 radical (unpaired) electrons. The lowest BCUT2D eigenvalue weighted by Crippen LogP contribution is -2.41. The molecule has 1 heterocycles. The van der Waals surface area contributed by atoms with Crippen LogP contribution in [0.2, 0.25) is 36.3 Å². The highest BCUT2D eigenvalue weighted by Crippen LogP contribution is 2.39. The van der Waals surface area contributed by atoms with Crippen LogP contribution < -0.4 is 4.74 Å². The van der Waals surface area contributed by atoms with Gasteiger partial charge in [-0.15, -0.1) is 11.3 Å². The van der Waals surface area contributed by atoms with Gasteiger partial charge in [0.2, 0.25) is 0 Å². The van der Waals surface area contributed by atoms with Crippen LogP contribution >= 0.6 is 11.3 Å². The van der Waals surface area contributed by atoms with Crippen LogP contribution in [0.1, 0.15) is 115 Å². The molecule has 2 rings (SSSR count). The van der Waals surface area contributed by atoms with Gasteiger partial charge >= 0.3 is 0 Å². The molecule has 4 nitrogen and oxygen atoms in total. The van der Waals surface area contributed by atoms with Crippen molar-refractivity contribution in [2.45, 2.75) is 156 Å². The maximum absolute atomic E-state index is 10.7. The second-order valence-electron chi connectivity index (χ2n) is 15.1. The van der Waals surface area contributed by atoms with Gasteiger partial charge in [-0.1, -0.05) is 74.5 Å². The molecule has 1 N–H and O–H groups in total. The molecule has 1 aromatic carbocycles. The molecule has 1 aromatic heterocycles. The molecule has 0 atom stereocenters. The van der Waals surface area contributed by atoms with Gasteiger partial charge < -0.3 is 18.7 Å². The van der Waals surface area contributed by atoms with E-state index in [9.17, 15) is 5.11 Å². The third-order valence-electron chi connectivity index (χ3n) is 10.0. The fourth-order valence-electron chi connectivity index (χ4n) is 4.24. The quantitative estimate of drug-likeness (QED) is 0.184. The first-order valence-electron chi connectivity index (χ1n) is 16.3. The maximum Gasteiger partial charge on any atom is 0.192 e. The lowest BCUT2D eigenvalue weighted by atomic mass is 9.91. The minimum absolute atomic E-state index is 0.148. The standard InChI is InChI=1S/C36H62O4SSi2/c1-14-28(18-17-23-36(37,15-2)16-3)33-22-21-32(41-33)27-38-31-20-19-29(25-39-42(10,11)34(4,5)6)30(24-31)26-40-43(12,13)35(7,8)9/h18-22,24,37H,14-17,23,25-27H2,1-13H3. The number of thiophene rings is 1. The third-order valence-corrected chi connectivity index (χ3v) is 20.1. The molecular weight excluding hydrogens is 585 g/mol. The molecule has 0 aliphatic rings. The van der Waals surface area contributed by atoms with Gasteiger partial charge in [0, 0.05) is 9.75 Å². The van der Waals surface area contributed by atoms with Crippen LogP contribution in [-0.4, -0.2) is 27.3 Å². The molecule has 43 heavy (non-hydrogen) atoms. The van der Waals surface area contributed by atoms with Crippen LogP contribution in [0.4, 0.5) is 0 Å². The summed E-state index contributed by atoms with van der Waals surface area (Å²) in [5.41, 5.74) is 3.14. The Morgan fingerprint density at radius 1 is 0.791 bits per heavy atom. The Morgan fingerprint density at radius 2 is 1.35 bits per heavy atom. The van der Waals surface area contributed by atoms with Crippen molar-refractivity contribution in [2.75, 3.05) is 0 Å². The smallest absolute Gasteiger partial charge is 0.192 e. The van der Waals surface area contributed by atoms with Crippen LogP contribution in [0.3, 0.4) is 0 Å². The molecule has 0 fully saturated rings. The molecule has 0 saturated carbocycles. The van der Waals surface area contributed by atoms with Gasteiger partial charge in [-0.05, 0) is 109 Å². The van der Waals surface area contributed by atoms with Gasteiger partial charge in [0.1, 0.15) is 12.4 Å². The molecule has 0 bridgehead atoms. The molecule has 0 unspecified atom stereocenters. The topological polar surface area (TPSA) is 47.9 Å². The van der Waals surface area contributed by atoms with Crippen molar-refractivity contribution in [1.29, 1.82) is 0 Å². The number of aliphatic hydroxyl groups is 1. The highest BCUT2D eigenvalue weighted by atomic mass is 32.1. The van der Waals surface area contributed by atoms with E-state index in [0.717, 1.165) is 43.4 Å². The zero-order chi connectivity index (χ0) is 32.7. The van der Waals surface area contributed by atoms with Crippen molar-refractivity contribution < 1.29 is 18.7 Å². The van der Waals surface area contributed by atoms with Crippen molar-refractivity contribution in [2.24, 2.45) is 0 Å². The zero-order valence-corrected chi connectivity index (χ0v) is 32.5. The first kappa shape index (κ1) is 38.0. The van der Waals surface area contributed by atoms with Crippen LogP contribution in [0.15, 0.2) is 36.4 Å². The van der Waals surface area contributed by atoms with E-state index in [-0.39, 0.29) is 10.1 Å². The van der Waals surface area contributed by atoms with Crippen molar-refractivity contribution >= 4 is 33.5 Å². The van der Waals surface area contributed by atoms with Gasteiger partial charge in [0.05, 0.1) is 18.8 Å². The van der Waals surface area contributed by atoms with Crippen LogP contribution in [0.5, 0.6) is 5.75 Å². The summed E-state index contributed by atoms with van der Waals surface area (Å²) in [6, 6.07) is 10.8. The van der Waals surface area contributed by atoms with Gasteiger partial charge in [-0.25, -0.2) is 0 Å². The Labute approximate surface area is 270 Å². The van der Waals surface area contributed by atoms with E-state index in [1.807, 2.05) is 0 Å². The molecule has 7 heteroatoms. The molecule has 0 aliphatic heterocycles. The number of allylic oxidation sites excluding steroid dienone is 2. The van der Waals surface area contributed by atoms with Gasteiger partial charge in [0.25, 0.3) is 0 Å². The average molecular weight is 647 g/mol. The number of ether oxygens (including phenoxy) is 1. The van der Waals surface area contributed by atoms with E-state index in [4.69, 9.17) is 13.6 Å².